The standard InChI is InChI=1S/C29H28ClNO6/c1-17-11-22-20(15-31(16-36-22)10-9-19-7-5-6-8-21(19)30)28-26(17)27(32)23(37-28)12-18-13-24(33-2)29(35-4)25(14-18)34-3/h5-8,11-14H,9-10,15-16H2,1-4H3/b23-12-. The Balaban J connectivity index is 1.43. The summed E-state index contributed by atoms with van der Waals surface area (Å²) < 4.78 is 28.6. The number of Topliss-reactive ketones (excluding diaryl/α,β-unsaturated/α-hetero) is 1. The zero-order chi connectivity index (χ0) is 26.1. The largest absolute Gasteiger partial charge is 0.493 e. The molecule has 192 valence electrons. The molecule has 7 nitrogen and oxygen atoms in total. The first-order valence-corrected chi connectivity index (χ1v) is 12.3. The molecule has 0 bridgehead atoms. The zero-order valence-electron chi connectivity index (χ0n) is 21.2. The van der Waals surface area contributed by atoms with Crippen LogP contribution >= 0.6 is 11.6 Å². The Kier molecular flexibility index (Phi) is 7.00. The number of hydrogen-bond donors (Lipinski definition) is 0. The van der Waals surface area contributed by atoms with Crippen LogP contribution in [0.25, 0.3) is 6.08 Å². The minimum atomic E-state index is -0.169. The van der Waals surface area contributed by atoms with Gasteiger partial charge in [0.1, 0.15) is 18.2 Å². The lowest BCUT2D eigenvalue weighted by atomic mass is 9.98. The van der Waals surface area contributed by atoms with Crippen LogP contribution in [0.5, 0.6) is 28.7 Å². The van der Waals surface area contributed by atoms with E-state index in [1.54, 1.807) is 39.5 Å². The van der Waals surface area contributed by atoms with Gasteiger partial charge in [-0.25, -0.2) is 0 Å². The fourth-order valence-corrected chi connectivity index (χ4v) is 4.97. The highest BCUT2D eigenvalue weighted by atomic mass is 35.5. The van der Waals surface area contributed by atoms with Crippen LogP contribution in [-0.4, -0.2) is 45.3 Å². The van der Waals surface area contributed by atoms with Crippen molar-refractivity contribution < 1.29 is 28.5 Å². The average Bonchev–Trinajstić information content (AvgIpc) is 3.24. The lowest BCUT2D eigenvalue weighted by Gasteiger charge is -2.30. The van der Waals surface area contributed by atoms with Crippen LogP contribution < -0.4 is 23.7 Å². The first kappa shape index (κ1) is 25.0. The number of ether oxygens (including phenoxy) is 5. The first-order chi connectivity index (χ1) is 17.9. The molecule has 0 atom stereocenters. The molecule has 0 aromatic heterocycles. The number of carbonyl (C=O) groups is 1. The van der Waals surface area contributed by atoms with Crippen molar-refractivity contribution in [2.24, 2.45) is 0 Å². The molecule has 0 fully saturated rings. The number of fused-ring (bicyclic) bond motifs is 3. The Labute approximate surface area is 221 Å². The van der Waals surface area contributed by atoms with Crippen molar-refractivity contribution in [1.29, 1.82) is 0 Å². The maximum atomic E-state index is 13.4. The number of allylic oxidation sites excluding steroid dienone is 1. The smallest absolute Gasteiger partial charge is 0.232 e. The summed E-state index contributed by atoms with van der Waals surface area (Å²) >= 11 is 6.33. The lowest BCUT2D eigenvalue weighted by Crippen LogP contribution is -2.34. The van der Waals surface area contributed by atoms with Crippen molar-refractivity contribution in [1.82, 2.24) is 4.90 Å². The summed E-state index contributed by atoms with van der Waals surface area (Å²) in [5, 5.41) is 0.757. The Hall–Kier alpha value is -3.68. The normalized spacial score (nSPS) is 15.6. The van der Waals surface area contributed by atoms with Crippen LogP contribution in [0.1, 0.15) is 32.6 Å². The van der Waals surface area contributed by atoms with E-state index in [9.17, 15) is 4.79 Å². The Morgan fingerprint density at radius 2 is 1.78 bits per heavy atom. The summed E-state index contributed by atoms with van der Waals surface area (Å²) in [5.74, 6) is 2.83. The van der Waals surface area contributed by atoms with E-state index in [1.165, 1.54) is 0 Å². The third kappa shape index (κ3) is 4.72. The van der Waals surface area contributed by atoms with E-state index >= 15 is 0 Å². The number of benzene rings is 3. The molecular weight excluding hydrogens is 494 g/mol. The molecule has 3 aromatic carbocycles. The van der Waals surface area contributed by atoms with Crippen molar-refractivity contribution in [3.8, 4) is 28.7 Å². The van der Waals surface area contributed by atoms with Gasteiger partial charge < -0.3 is 23.7 Å². The number of carbonyl (C=O) groups excluding carboxylic acids is 1. The third-order valence-corrected chi connectivity index (χ3v) is 7.00. The predicted octanol–water partition coefficient (Wildman–Crippen LogP) is 5.69. The van der Waals surface area contributed by atoms with Crippen LogP contribution in [0.2, 0.25) is 5.02 Å². The summed E-state index contributed by atoms with van der Waals surface area (Å²) in [6.45, 7) is 3.72. The van der Waals surface area contributed by atoms with Gasteiger partial charge in [-0.3, -0.25) is 9.69 Å². The van der Waals surface area contributed by atoms with E-state index in [0.717, 1.165) is 40.4 Å². The second kappa shape index (κ2) is 10.4. The van der Waals surface area contributed by atoms with Crippen molar-refractivity contribution in [3.05, 3.63) is 81.1 Å². The Morgan fingerprint density at radius 3 is 2.46 bits per heavy atom. The average molecular weight is 522 g/mol. The molecule has 0 N–H and O–H groups in total. The van der Waals surface area contributed by atoms with Gasteiger partial charge in [-0.2, -0.15) is 0 Å². The maximum absolute atomic E-state index is 13.4. The van der Waals surface area contributed by atoms with Crippen LogP contribution in [0.3, 0.4) is 0 Å². The predicted molar refractivity (Wildman–Crippen MR) is 141 cm³/mol. The van der Waals surface area contributed by atoms with Crippen LogP contribution in [0.15, 0.2) is 48.2 Å². The topological polar surface area (TPSA) is 66.5 Å². The number of nitrogens with zero attached hydrogens (tertiary/aromatic N) is 1. The molecule has 0 aliphatic carbocycles. The number of aryl methyl sites for hydroxylation is 1. The van der Waals surface area contributed by atoms with Gasteiger partial charge in [-0.1, -0.05) is 29.8 Å². The summed E-state index contributed by atoms with van der Waals surface area (Å²) in [6, 6.07) is 13.3. The van der Waals surface area contributed by atoms with Crippen LogP contribution in [-0.2, 0) is 13.0 Å². The Morgan fingerprint density at radius 1 is 1.05 bits per heavy atom. The van der Waals surface area contributed by atoms with Crippen LogP contribution in [0.4, 0.5) is 0 Å². The van der Waals surface area contributed by atoms with Crippen molar-refractivity contribution in [2.75, 3.05) is 34.6 Å². The summed E-state index contributed by atoms with van der Waals surface area (Å²) in [6.07, 6.45) is 2.48. The molecule has 2 aliphatic rings. The molecule has 3 aromatic rings. The van der Waals surface area contributed by atoms with E-state index in [1.807, 2.05) is 37.3 Å². The third-order valence-electron chi connectivity index (χ3n) is 6.63. The van der Waals surface area contributed by atoms with Gasteiger partial charge in [-0.15, -0.1) is 0 Å². The number of rotatable bonds is 7. The van der Waals surface area contributed by atoms with Gasteiger partial charge in [-0.05, 0) is 60.4 Å². The summed E-state index contributed by atoms with van der Waals surface area (Å²) in [4.78, 5) is 15.6. The highest BCUT2D eigenvalue weighted by molar-refractivity contribution is 6.31. The molecular formula is C29H28ClNO6. The summed E-state index contributed by atoms with van der Waals surface area (Å²) in [7, 11) is 4.65. The van der Waals surface area contributed by atoms with Crippen molar-refractivity contribution >= 4 is 23.5 Å². The SMILES string of the molecule is COc1cc(/C=C2\Oc3c4c(cc(C)c3C2=O)OCN(CCc2ccccc2Cl)C4)cc(OC)c1OC. The van der Waals surface area contributed by atoms with Gasteiger partial charge in [0.15, 0.2) is 17.3 Å². The molecule has 5 rings (SSSR count). The fourth-order valence-electron chi connectivity index (χ4n) is 4.74. The van der Waals surface area contributed by atoms with Gasteiger partial charge in [0, 0.05) is 18.1 Å². The molecule has 0 saturated heterocycles. The minimum Gasteiger partial charge on any atom is -0.493 e. The first-order valence-electron chi connectivity index (χ1n) is 11.9. The molecule has 0 saturated carbocycles. The summed E-state index contributed by atoms with van der Waals surface area (Å²) in [5.41, 5.74) is 4.03. The van der Waals surface area contributed by atoms with E-state index in [2.05, 4.69) is 4.90 Å². The number of halogens is 1. The minimum absolute atomic E-state index is 0.169. The number of hydrogen-bond acceptors (Lipinski definition) is 7. The van der Waals surface area contributed by atoms with E-state index in [-0.39, 0.29) is 11.5 Å². The fraction of sp³-hybridized carbons (Fsp3) is 0.276. The van der Waals surface area contributed by atoms with Gasteiger partial charge in [0.2, 0.25) is 11.5 Å². The zero-order valence-corrected chi connectivity index (χ0v) is 22.0. The van der Waals surface area contributed by atoms with E-state index in [4.69, 9.17) is 35.3 Å². The highest BCUT2D eigenvalue weighted by Crippen LogP contribution is 2.45. The second-order valence-electron chi connectivity index (χ2n) is 8.94. The lowest BCUT2D eigenvalue weighted by molar-refractivity contribution is 0.0949. The van der Waals surface area contributed by atoms with Crippen molar-refractivity contribution in [3.63, 3.8) is 0 Å². The van der Waals surface area contributed by atoms with E-state index < -0.39 is 0 Å². The number of ketones is 1. The van der Waals surface area contributed by atoms with Gasteiger partial charge >= 0.3 is 0 Å². The quantitative estimate of drug-likeness (QED) is 0.370. The second-order valence-corrected chi connectivity index (χ2v) is 9.35. The van der Waals surface area contributed by atoms with Crippen molar-refractivity contribution in [2.45, 2.75) is 19.9 Å². The molecule has 0 spiro atoms. The van der Waals surface area contributed by atoms with E-state index in [0.29, 0.717) is 47.4 Å². The molecule has 37 heavy (non-hydrogen) atoms. The molecule has 0 unspecified atom stereocenters. The maximum Gasteiger partial charge on any atom is 0.232 e. The molecule has 8 heteroatoms. The molecule has 2 aliphatic heterocycles. The highest BCUT2D eigenvalue weighted by Gasteiger charge is 2.35. The van der Waals surface area contributed by atoms with Gasteiger partial charge in [0.05, 0.1) is 32.5 Å². The van der Waals surface area contributed by atoms with Crippen LogP contribution in [0, 0.1) is 6.92 Å². The molecule has 0 amide bonds. The monoisotopic (exact) mass is 521 g/mol. The van der Waals surface area contributed by atoms with Gasteiger partial charge in [0.25, 0.3) is 0 Å². The Bertz CT molecular complexity index is 1370. The number of methoxy groups -OCH3 is 3. The molecule has 2 heterocycles. The molecule has 0 radical (unpaired) electrons.